The van der Waals surface area contributed by atoms with Gasteiger partial charge in [-0.05, 0) is 26.7 Å². The van der Waals surface area contributed by atoms with Crippen LogP contribution in [0.4, 0.5) is 4.79 Å². The van der Waals surface area contributed by atoms with E-state index in [1.54, 1.807) is 6.08 Å². The van der Waals surface area contributed by atoms with Gasteiger partial charge in [-0.15, -0.1) is 0 Å². The molecule has 0 aromatic heterocycles. The van der Waals surface area contributed by atoms with Gasteiger partial charge < -0.3 is 4.74 Å². The van der Waals surface area contributed by atoms with Crippen molar-refractivity contribution in [3.8, 4) is 0 Å². The van der Waals surface area contributed by atoms with E-state index in [4.69, 9.17) is 4.74 Å². The van der Waals surface area contributed by atoms with E-state index in [2.05, 4.69) is 25.3 Å². The predicted octanol–water partition coefficient (Wildman–Crippen LogP) is 1.87. The van der Waals surface area contributed by atoms with E-state index in [1.807, 2.05) is 4.90 Å². The molecule has 1 amide bonds. The van der Waals surface area contributed by atoms with Crippen LogP contribution >= 0.6 is 0 Å². The summed E-state index contributed by atoms with van der Waals surface area (Å²) in [5.41, 5.74) is 0. The van der Waals surface area contributed by atoms with Crippen LogP contribution in [0.5, 0.6) is 0 Å². The molecular weight excluding hydrogens is 216 g/mol. The zero-order chi connectivity index (χ0) is 12.4. The van der Waals surface area contributed by atoms with Crippen LogP contribution in [0.1, 0.15) is 26.7 Å². The van der Waals surface area contributed by atoms with E-state index < -0.39 is 0 Å². The standard InChI is InChI=1S/C13H22N2O2/c1-4-7-17-13(16)15-11-5-6-12(15)9-14(8-11)10(2)3/h4,10-12H,1,5-9H2,2-3H3. The van der Waals surface area contributed by atoms with Crippen LogP contribution in [0.3, 0.4) is 0 Å². The van der Waals surface area contributed by atoms with Gasteiger partial charge in [-0.2, -0.15) is 0 Å². The highest BCUT2D eigenvalue weighted by Gasteiger charge is 2.43. The number of piperazine rings is 1. The predicted molar refractivity (Wildman–Crippen MR) is 66.9 cm³/mol. The lowest BCUT2D eigenvalue weighted by Gasteiger charge is -2.42. The smallest absolute Gasteiger partial charge is 0.410 e. The summed E-state index contributed by atoms with van der Waals surface area (Å²) in [6.07, 6.45) is 3.67. The lowest BCUT2D eigenvalue weighted by molar-refractivity contribution is 0.0362. The average Bonchev–Trinajstić information content (AvgIpc) is 2.56. The Hall–Kier alpha value is -1.03. The summed E-state index contributed by atoms with van der Waals surface area (Å²) in [6, 6.07) is 1.24. The summed E-state index contributed by atoms with van der Waals surface area (Å²) in [5.74, 6) is 0. The molecule has 0 saturated carbocycles. The molecule has 0 spiro atoms. The topological polar surface area (TPSA) is 32.8 Å². The molecule has 0 aromatic carbocycles. The first-order valence-electron chi connectivity index (χ1n) is 6.43. The summed E-state index contributed by atoms with van der Waals surface area (Å²) >= 11 is 0. The van der Waals surface area contributed by atoms with Gasteiger partial charge in [-0.1, -0.05) is 12.7 Å². The molecule has 2 fully saturated rings. The first kappa shape index (κ1) is 12.4. The second-order valence-corrected chi connectivity index (χ2v) is 5.21. The fraction of sp³-hybridized carbons (Fsp3) is 0.769. The molecule has 0 radical (unpaired) electrons. The highest BCUT2D eigenvalue weighted by Crippen LogP contribution is 2.31. The number of carbonyl (C=O) groups is 1. The van der Waals surface area contributed by atoms with Crippen molar-refractivity contribution in [3.63, 3.8) is 0 Å². The van der Waals surface area contributed by atoms with E-state index in [1.165, 1.54) is 0 Å². The van der Waals surface area contributed by atoms with Crippen molar-refractivity contribution in [2.75, 3.05) is 19.7 Å². The molecule has 4 nitrogen and oxygen atoms in total. The molecule has 2 aliphatic rings. The Morgan fingerprint density at radius 2 is 2.00 bits per heavy atom. The van der Waals surface area contributed by atoms with Gasteiger partial charge in [-0.25, -0.2) is 4.79 Å². The quantitative estimate of drug-likeness (QED) is 0.704. The number of carbonyl (C=O) groups excluding carboxylic acids is 1. The van der Waals surface area contributed by atoms with E-state index >= 15 is 0 Å². The number of hydrogen-bond acceptors (Lipinski definition) is 3. The van der Waals surface area contributed by atoms with E-state index in [0.717, 1.165) is 25.9 Å². The Balaban J connectivity index is 1.98. The number of hydrogen-bond donors (Lipinski definition) is 0. The average molecular weight is 238 g/mol. The minimum absolute atomic E-state index is 0.166. The molecule has 0 aromatic rings. The highest BCUT2D eigenvalue weighted by atomic mass is 16.6. The van der Waals surface area contributed by atoms with Crippen LogP contribution in [0, 0.1) is 0 Å². The molecule has 2 aliphatic heterocycles. The molecule has 2 saturated heterocycles. The highest BCUT2D eigenvalue weighted by molar-refractivity contribution is 5.69. The fourth-order valence-corrected chi connectivity index (χ4v) is 2.86. The molecule has 2 atom stereocenters. The Labute approximate surface area is 103 Å². The van der Waals surface area contributed by atoms with Crippen molar-refractivity contribution in [2.45, 2.75) is 44.8 Å². The Morgan fingerprint density at radius 1 is 1.41 bits per heavy atom. The van der Waals surface area contributed by atoms with Crippen molar-refractivity contribution in [2.24, 2.45) is 0 Å². The first-order valence-corrected chi connectivity index (χ1v) is 6.43. The second kappa shape index (κ2) is 5.08. The van der Waals surface area contributed by atoms with Gasteiger partial charge in [0, 0.05) is 31.2 Å². The normalized spacial score (nSPS) is 28.5. The van der Waals surface area contributed by atoms with Gasteiger partial charge in [0.15, 0.2) is 0 Å². The lowest BCUT2D eigenvalue weighted by Crippen LogP contribution is -2.57. The molecule has 2 rings (SSSR count). The molecule has 2 heterocycles. The zero-order valence-electron chi connectivity index (χ0n) is 10.8. The molecule has 2 bridgehead atoms. The van der Waals surface area contributed by atoms with Gasteiger partial charge in [0.05, 0.1) is 0 Å². The van der Waals surface area contributed by atoms with Crippen molar-refractivity contribution in [3.05, 3.63) is 12.7 Å². The van der Waals surface area contributed by atoms with Crippen LogP contribution in [0.2, 0.25) is 0 Å². The number of likely N-dealkylation sites (tertiary alicyclic amines) is 1. The molecule has 0 aliphatic carbocycles. The SMILES string of the molecule is C=CCOC(=O)N1C2CCC1CN(C(C)C)C2. The van der Waals surface area contributed by atoms with Crippen LogP contribution in [-0.2, 0) is 4.74 Å². The van der Waals surface area contributed by atoms with Gasteiger partial charge in [0.25, 0.3) is 0 Å². The number of fused-ring (bicyclic) bond motifs is 2. The van der Waals surface area contributed by atoms with Crippen molar-refractivity contribution in [1.82, 2.24) is 9.80 Å². The van der Waals surface area contributed by atoms with Gasteiger partial charge in [-0.3, -0.25) is 9.80 Å². The lowest BCUT2D eigenvalue weighted by atomic mass is 10.1. The minimum atomic E-state index is -0.166. The first-order chi connectivity index (χ1) is 8.13. The molecule has 4 heteroatoms. The Morgan fingerprint density at radius 3 is 2.47 bits per heavy atom. The number of amides is 1. The second-order valence-electron chi connectivity index (χ2n) is 5.21. The molecule has 96 valence electrons. The molecular formula is C13H22N2O2. The molecule has 0 N–H and O–H groups in total. The summed E-state index contributed by atoms with van der Waals surface area (Å²) in [4.78, 5) is 16.3. The monoisotopic (exact) mass is 238 g/mol. The maximum absolute atomic E-state index is 11.9. The fourth-order valence-electron chi connectivity index (χ4n) is 2.86. The van der Waals surface area contributed by atoms with Crippen molar-refractivity contribution in [1.29, 1.82) is 0 Å². The van der Waals surface area contributed by atoms with E-state index in [-0.39, 0.29) is 6.09 Å². The maximum Gasteiger partial charge on any atom is 0.410 e. The maximum atomic E-state index is 11.9. The van der Waals surface area contributed by atoms with Crippen LogP contribution in [0.15, 0.2) is 12.7 Å². The van der Waals surface area contributed by atoms with Crippen molar-refractivity contribution >= 4 is 6.09 Å². The molecule has 17 heavy (non-hydrogen) atoms. The van der Waals surface area contributed by atoms with E-state index in [0.29, 0.717) is 24.7 Å². The van der Waals surface area contributed by atoms with Crippen molar-refractivity contribution < 1.29 is 9.53 Å². The molecule has 2 unspecified atom stereocenters. The minimum Gasteiger partial charge on any atom is -0.445 e. The third kappa shape index (κ3) is 2.46. The van der Waals surface area contributed by atoms with Crippen LogP contribution in [-0.4, -0.2) is 53.7 Å². The van der Waals surface area contributed by atoms with E-state index in [9.17, 15) is 4.79 Å². The summed E-state index contributed by atoms with van der Waals surface area (Å²) in [5, 5.41) is 0. The summed E-state index contributed by atoms with van der Waals surface area (Å²) in [7, 11) is 0. The number of rotatable bonds is 3. The van der Waals surface area contributed by atoms with Gasteiger partial charge >= 0.3 is 6.09 Å². The van der Waals surface area contributed by atoms with Crippen LogP contribution in [0.25, 0.3) is 0 Å². The van der Waals surface area contributed by atoms with Gasteiger partial charge in [0.2, 0.25) is 0 Å². The zero-order valence-corrected chi connectivity index (χ0v) is 10.8. The Bertz CT molecular complexity index is 290. The largest absolute Gasteiger partial charge is 0.445 e. The van der Waals surface area contributed by atoms with Crippen LogP contribution < -0.4 is 0 Å². The summed E-state index contributed by atoms with van der Waals surface area (Å²) < 4.78 is 5.16. The third-order valence-electron chi connectivity index (χ3n) is 3.78. The third-order valence-corrected chi connectivity index (χ3v) is 3.78. The summed E-state index contributed by atoms with van der Waals surface area (Å²) in [6.45, 7) is 10.3. The number of ether oxygens (including phenoxy) is 1. The number of nitrogens with zero attached hydrogens (tertiary/aromatic N) is 2. The Kier molecular flexibility index (Phi) is 3.72. The van der Waals surface area contributed by atoms with Gasteiger partial charge in [0.1, 0.15) is 6.61 Å².